The third kappa shape index (κ3) is 2.26. The Morgan fingerprint density at radius 1 is 1.52 bits per heavy atom. The molecular weight excluding hydrogens is 271 g/mol. The van der Waals surface area contributed by atoms with Crippen LogP contribution >= 0.6 is 0 Å². The van der Waals surface area contributed by atoms with Gasteiger partial charge in [-0.15, -0.1) is 0 Å². The minimum Gasteiger partial charge on any atom is -0.382 e. The van der Waals surface area contributed by atoms with Gasteiger partial charge in [0.05, 0.1) is 5.69 Å². The quantitative estimate of drug-likeness (QED) is 0.920. The van der Waals surface area contributed by atoms with Crippen LogP contribution in [0.3, 0.4) is 0 Å². The lowest BCUT2D eigenvalue weighted by Gasteiger charge is -2.08. The van der Waals surface area contributed by atoms with Crippen molar-refractivity contribution in [2.75, 3.05) is 12.3 Å². The molecule has 0 radical (unpaired) electrons. The Morgan fingerprint density at radius 2 is 2.33 bits per heavy atom. The van der Waals surface area contributed by atoms with E-state index >= 15 is 0 Å². The van der Waals surface area contributed by atoms with Gasteiger partial charge in [-0.1, -0.05) is 6.07 Å². The van der Waals surface area contributed by atoms with Crippen molar-refractivity contribution in [3.8, 4) is 11.8 Å². The predicted molar refractivity (Wildman–Crippen MR) is 75.3 cm³/mol. The minimum atomic E-state index is -0.373. The topological polar surface area (TPSA) is 76.9 Å². The molecule has 1 aliphatic heterocycles. The van der Waals surface area contributed by atoms with E-state index in [-0.39, 0.29) is 17.7 Å². The van der Waals surface area contributed by atoms with Crippen molar-refractivity contribution >= 4 is 5.82 Å². The van der Waals surface area contributed by atoms with E-state index in [0.717, 1.165) is 18.4 Å². The van der Waals surface area contributed by atoms with E-state index in [9.17, 15) is 9.65 Å². The standard InChI is InChI=1S/C15H15FN4O/c1-9-4-5-10(16)7-12(9)20-15(18)11(8-17)14(19-20)13-3-2-6-21-13/h4-5,7,13H,2-3,6,18H2,1H3. The van der Waals surface area contributed by atoms with Crippen molar-refractivity contribution in [3.05, 3.63) is 40.8 Å². The molecule has 1 saturated heterocycles. The number of benzene rings is 1. The van der Waals surface area contributed by atoms with Gasteiger partial charge < -0.3 is 10.5 Å². The normalized spacial score (nSPS) is 17.9. The summed E-state index contributed by atoms with van der Waals surface area (Å²) in [5.41, 5.74) is 8.25. The maximum atomic E-state index is 13.5. The van der Waals surface area contributed by atoms with Gasteiger partial charge in [-0.25, -0.2) is 9.07 Å². The first-order chi connectivity index (χ1) is 10.1. The predicted octanol–water partition coefficient (Wildman–Crippen LogP) is 2.63. The highest BCUT2D eigenvalue weighted by atomic mass is 19.1. The van der Waals surface area contributed by atoms with Crippen LogP contribution in [0.4, 0.5) is 10.2 Å². The minimum absolute atomic E-state index is 0.211. The lowest BCUT2D eigenvalue weighted by Crippen LogP contribution is -2.05. The van der Waals surface area contributed by atoms with Crippen LogP contribution in [-0.2, 0) is 4.74 Å². The van der Waals surface area contributed by atoms with Gasteiger partial charge in [-0.3, -0.25) is 0 Å². The largest absolute Gasteiger partial charge is 0.382 e. The van der Waals surface area contributed by atoms with E-state index in [2.05, 4.69) is 11.2 Å². The van der Waals surface area contributed by atoms with Crippen LogP contribution in [0.15, 0.2) is 18.2 Å². The Balaban J connectivity index is 2.15. The second-order valence-electron chi connectivity index (χ2n) is 5.10. The number of aromatic nitrogens is 2. The highest BCUT2D eigenvalue weighted by Crippen LogP contribution is 2.33. The molecule has 21 heavy (non-hydrogen) atoms. The number of nitriles is 1. The van der Waals surface area contributed by atoms with Crippen LogP contribution in [0.1, 0.15) is 35.8 Å². The first-order valence-corrected chi connectivity index (χ1v) is 6.78. The van der Waals surface area contributed by atoms with Crippen LogP contribution in [0, 0.1) is 24.1 Å². The second kappa shape index (κ2) is 5.19. The molecule has 0 bridgehead atoms. The third-order valence-electron chi connectivity index (χ3n) is 3.69. The van der Waals surface area contributed by atoms with E-state index in [0.29, 0.717) is 23.6 Å². The Labute approximate surface area is 121 Å². The number of ether oxygens (including phenoxy) is 1. The zero-order valence-corrected chi connectivity index (χ0v) is 11.6. The summed E-state index contributed by atoms with van der Waals surface area (Å²) in [4.78, 5) is 0. The number of hydrogen-bond acceptors (Lipinski definition) is 4. The molecule has 1 fully saturated rings. The Morgan fingerprint density at radius 3 is 3.00 bits per heavy atom. The van der Waals surface area contributed by atoms with Crippen LogP contribution < -0.4 is 5.73 Å². The fourth-order valence-electron chi connectivity index (χ4n) is 2.58. The highest BCUT2D eigenvalue weighted by Gasteiger charge is 2.27. The SMILES string of the molecule is Cc1ccc(F)cc1-n1nc(C2CCCO2)c(C#N)c1N. The van der Waals surface area contributed by atoms with Gasteiger partial charge in [-0.2, -0.15) is 10.4 Å². The van der Waals surface area contributed by atoms with E-state index < -0.39 is 0 Å². The molecule has 108 valence electrons. The molecule has 6 heteroatoms. The fraction of sp³-hybridized carbons (Fsp3) is 0.333. The Bertz CT molecular complexity index is 726. The molecule has 1 unspecified atom stereocenters. The molecule has 1 atom stereocenters. The van der Waals surface area contributed by atoms with E-state index in [1.165, 1.54) is 16.8 Å². The third-order valence-corrected chi connectivity index (χ3v) is 3.69. The molecule has 0 aliphatic carbocycles. The second-order valence-corrected chi connectivity index (χ2v) is 5.10. The van der Waals surface area contributed by atoms with E-state index in [4.69, 9.17) is 10.5 Å². The van der Waals surface area contributed by atoms with Gasteiger partial charge in [0.15, 0.2) is 0 Å². The van der Waals surface area contributed by atoms with Gasteiger partial charge >= 0.3 is 0 Å². The fourth-order valence-corrected chi connectivity index (χ4v) is 2.58. The molecule has 2 aromatic rings. The summed E-state index contributed by atoms with van der Waals surface area (Å²) in [5.74, 6) is -0.153. The number of rotatable bonds is 2. The van der Waals surface area contributed by atoms with E-state index in [1.807, 2.05) is 6.92 Å². The summed E-state index contributed by atoms with van der Waals surface area (Å²) in [7, 11) is 0. The number of aryl methyl sites for hydroxylation is 1. The molecule has 3 rings (SSSR count). The van der Waals surface area contributed by atoms with Gasteiger partial charge in [0.2, 0.25) is 0 Å². The van der Waals surface area contributed by atoms with Crippen molar-refractivity contribution < 1.29 is 9.13 Å². The van der Waals surface area contributed by atoms with Gasteiger partial charge in [0.1, 0.15) is 35.1 Å². The summed E-state index contributed by atoms with van der Waals surface area (Å²) in [6, 6.07) is 6.48. The Hall–Kier alpha value is -2.39. The number of hydrogen-bond donors (Lipinski definition) is 1. The average molecular weight is 286 g/mol. The maximum absolute atomic E-state index is 13.5. The smallest absolute Gasteiger partial charge is 0.145 e. The molecular formula is C15H15FN4O. The summed E-state index contributed by atoms with van der Waals surface area (Å²) in [5, 5.41) is 13.7. The van der Waals surface area contributed by atoms with Crippen LogP contribution in [0.5, 0.6) is 0 Å². The molecule has 0 amide bonds. The number of anilines is 1. The van der Waals surface area contributed by atoms with Gasteiger partial charge in [0.25, 0.3) is 0 Å². The lowest BCUT2D eigenvalue weighted by molar-refractivity contribution is 0.108. The molecule has 2 heterocycles. The monoisotopic (exact) mass is 286 g/mol. The average Bonchev–Trinajstić information content (AvgIpc) is 3.09. The highest BCUT2D eigenvalue weighted by molar-refractivity contribution is 5.58. The van der Waals surface area contributed by atoms with Crippen LogP contribution in [0.25, 0.3) is 5.69 Å². The van der Waals surface area contributed by atoms with Crippen molar-refractivity contribution in [3.63, 3.8) is 0 Å². The van der Waals surface area contributed by atoms with Gasteiger partial charge in [-0.05, 0) is 37.5 Å². The summed E-state index contributed by atoms with van der Waals surface area (Å²) < 4.78 is 20.5. The number of halogens is 1. The molecule has 0 saturated carbocycles. The maximum Gasteiger partial charge on any atom is 0.145 e. The summed E-state index contributed by atoms with van der Waals surface area (Å²) in [6.07, 6.45) is 1.53. The molecule has 2 N–H and O–H groups in total. The zero-order valence-electron chi connectivity index (χ0n) is 11.6. The number of nitrogens with zero attached hydrogens (tertiary/aromatic N) is 3. The van der Waals surface area contributed by atoms with E-state index in [1.54, 1.807) is 6.07 Å². The summed E-state index contributed by atoms with van der Waals surface area (Å²) >= 11 is 0. The number of nitrogen functional groups attached to an aromatic ring is 1. The first-order valence-electron chi connectivity index (χ1n) is 6.78. The molecule has 1 aromatic heterocycles. The van der Waals surface area contributed by atoms with Crippen molar-refractivity contribution in [2.24, 2.45) is 0 Å². The lowest BCUT2D eigenvalue weighted by atomic mass is 10.1. The van der Waals surface area contributed by atoms with Gasteiger partial charge in [0, 0.05) is 6.61 Å². The molecule has 5 nitrogen and oxygen atoms in total. The van der Waals surface area contributed by atoms with Crippen LogP contribution in [0.2, 0.25) is 0 Å². The van der Waals surface area contributed by atoms with Crippen molar-refractivity contribution in [2.45, 2.75) is 25.9 Å². The zero-order chi connectivity index (χ0) is 15.0. The van der Waals surface area contributed by atoms with Crippen molar-refractivity contribution in [1.82, 2.24) is 9.78 Å². The molecule has 1 aromatic carbocycles. The Kier molecular flexibility index (Phi) is 3.35. The van der Waals surface area contributed by atoms with Crippen LogP contribution in [-0.4, -0.2) is 16.4 Å². The first kappa shape index (κ1) is 13.6. The molecule has 0 spiro atoms. The summed E-state index contributed by atoms with van der Waals surface area (Å²) in [6.45, 7) is 2.50. The van der Waals surface area contributed by atoms with Crippen molar-refractivity contribution in [1.29, 1.82) is 5.26 Å². The molecule has 1 aliphatic rings. The number of nitrogens with two attached hydrogens (primary N) is 1.